The summed E-state index contributed by atoms with van der Waals surface area (Å²) in [6.07, 6.45) is 0. The summed E-state index contributed by atoms with van der Waals surface area (Å²) in [7, 11) is 0. The summed E-state index contributed by atoms with van der Waals surface area (Å²) < 4.78 is 4.80. The molecule has 54 heavy (non-hydrogen) atoms. The van der Waals surface area contributed by atoms with Crippen molar-refractivity contribution in [3.63, 3.8) is 0 Å². The van der Waals surface area contributed by atoms with Crippen molar-refractivity contribution in [2.45, 2.75) is 0 Å². The van der Waals surface area contributed by atoms with Gasteiger partial charge in [0.25, 0.3) is 0 Å². The lowest BCUT2D eigenvalue weighted by Crippen LogP contribution is -2.04. The molecule has 0 aliphatic carbocycles. The highest BCUT2D eigenvalue weighted by atomic mass is 15.2. The van der Waals surface area contributed by atoms with E-state index < -0.39 is 0 Å². The SMILES string of the molecule is c1ccc2cc(-c3nc(-n4c5ccccc5c5c6c7ccccc7n7c8cc9ccccc9cc8c(cc54)c67)nc4ccc5ccccc5c34)ccc2c1. The van der Waals surface area contributed by atoms with Crippen molar-refractivity contribution in [3.8, 4) is 17.2 Å². The Labute approximate surface area is 308 Å². The monoisotopic (exact) mass is 684 g/mol. The van der Waals surface area contributed by atoms with Gasteiger partial charge in [0.1, 0.15) is 0 Å². The molecule has 0 saturated heterocycles. The normalized spacial score (nSPS) is 12.4. The van der Waals surface area contributed by atoms with Crippen LogP contribution in [0.1, 0.15) is 0 Å². The molecule has 0 aliphatic heterocycles. The van der Waals surface area contributed by atoms with Gasteiger partial charge in [-0.3, -0.25) is 4.57 Å². The average Bonchev–Trinajstić information content (AvgIpc) is 3.86. The Kier molecular flexibility index (Phi) is 5.34. The van der Waals surface area contributed by atoms with Crippen molar-refractivity contribution < 1.29 is 0 Å². The van der Waals surface area contributed by atoms with Crippen molar-refractivity contribution >= 4 is 103 Å². The van der Waals surface area contributed by atoms with Gasteiger partial charge in [-0.2, -0.15) is 0 Å². The zero-order chi connectivity index (χ0) is 35.1. The number of benzene rings is 9. The second-order valence-electron chi connectivity index (χ2n) is 14.6. The first kappa shape index (κ1) is 28.3. The molecule has 248 valence electrons. The van der Waals surface area contributed by atoms with Crippen LogP contribution in [-0.4, -0.2) is 18.9 Å². The third kappa shape index (κ3) is 3.61. The summed E-state index contributed by atoms with van der Waals surface area (Å²) >= 11 is 0. The average molecular weight is 685 g/mol. The smallest absolute Gasteiger partial charge is 0.235 e. The van der Waals surface area contributed by atoms with Gasteiger partial charge in [-0.25, -0.2) is 9.97 Å². The summed E-state index contributed by atoms with van der Waals surface area (Å²) in [6, 6.07) is 61.6. The largest absolute Gasteiger partial charge is 0.308 e. The molecule has 13 rings (SSSR count). The molecule has 0 unspecified atom stereocenters. The van der Waals surface area contributed by atoms with E-state index in [4.69, 9.17) is 9.97 Å². The van der Waals surface area contributed by atoms with E-state index in [0.29, 0.717) is 5.95 Å². The lowest BCUT2D eigenvalue weighted by atomic mass is 9.98. The van der Waals surface area contributed by atoms with Gasteiger partial charge >= 0.3 is 0 Å². The molecule has 0 amide bonds. The molecule has 4 heterocycles. The molecule has 0 bridgehead atoms. The second-order valence-corrected chi connectivity index (χ2v) is 14.6. The Balaban J connectivity index is 1.22. The summed E-state index contributed by atoms with van der Waals surface area (Å²) in [6.45, 7) is 0. The topological polar surface area (TPSA) is 35.1 Å². The first-order chi connectivity index (χ1) is 26.8. The van der Waals surface area contributed by atoms with Gasteiger partial charge in [0.15, 0.2) is 0 Å². The van der Waals surface area contributed by atoms with Crippen molar-refractivity contribution in [2.75, 3.05) is 0 Å². The maximum atomic E-state index is 5.60. The molecule has 4 aromatic heterocycles. The quantitative estimate of drug-likeness (QED) is 0.170. The highest BCUT2D eigenvalue weighted by Crippen LogP contribution is 2.47. The fourth-order valence-electron chi connectivity index (χ4n) is 9.45. The molecule has 0 fully saturated rings. The highest BCUT2D eigenvalue weighted by Gasteiger charge is 2.25. The van der Waals surface area contributed by atoms with Crippen LogP contribution in [-0.2, 0) is 0 Å². The minimum Gasteiger partial charge on any atom is -0.308 e. The van der Waals surface area contributed by atoms with Gasteiger partial charge in [-0.15, -0.1) is 0 Å². The number of para-hydroxylation sites is 2. The minimum atomic E-state index is 0.666. The number of fused-ring (bicyclic) bond motifs is 15. The van der Waals surface area contributed by atoms with Gasteiger partial charge in [0.05, 0.1) is 38.8 Å². The van der Waals surface area contributed by atoms with Gasteiger partial charge in [-0.05, 0) is 74.8 Å². The van der Waals surface area contributed by atoms with Gasteiger partial charge in [-0.1, -0.05) is 127 Å². The number of nitrogens with zero attached hydrogens (tertiary/aromatic N) is 4. The predicted octanol–water partition coefficient (Wildman–Crippen LogP) is 13.0. The summed E-state index contributed by atoms with van der Waals surface area (Å²) in [5.74, 6) is 0.666. The number of hydrogen-bond acceptors (Lipinski definition) is 2. The van der Waals surface area contributed by atoms with E-state index >= 15 is 0 Å². The van der Waals surface area contributed by atoms with Crippen LogP contribution in [0.5, 0.6) is 0 Å². The van der Waals surface area contributed by atoms with Crippen LogP contribution < -0.4 is 0 Å². The Morgan fingerprint density at radius 3 is 1.80 bits per heavy atom. The molecule has 4 heteroatoms. The van der Waals surface area contributed by atoms with Crippen LogP contribution >= 0.6 is 0 Å². The predicted molar refractivity (Wildman–Crippen MR) is 226 cm³/mol. The number of aromatic nitrogens is 4. The van der Waals surface area contributed by atoms with Crippen LogP contribution in [0.15, 0.2) is 170 Å². The molecule has 0 spiro atoms. The molecule has 0 aliphatic rings. The standard InChI is InChI=1S/C50H28N4/c1-2-13-31-25-34(22-21-29(31)11-1)48-45-35-16-6-5-12-30(35)23-24-40(45)51-50(52-48)54-42-20-10-7-17-36(42)46-44(54)28-39-38-26-32-14-3-4-15-33(32)27-43(38)53-41-19-9-8-18-37(41)47(46)49(39)53/h1-28H. The van der Waals surface area contributed by atoms with Crippen LogP contribution in [0.4, 0.5) is 0 Å². The lowest BCUT2D eigenvalue weighted by Gasteiger charge is -2.14. The molecule has 13 aromatic rings. The van der Waals surface area contributed by atoms with Gasteiger partial charge in [0.2, 0.25) is 5.95 Å². The molecule has 0 radical (unpaired) electrons. The van der Waals surface area contributed by atoms with Crippen molar-refractivity contribution in [1.82, 2.24) is 18.9 Å². The van der Waals surface area contributed by atoms with Crippen LogP contribution in [0, 0.1) is 0 Å². The zero-order valence-corrected chi connectivity index (χ0v) is 29.0. The number of hydrogen-bond donors (Lipinski definition) is 0. The van der Waals surface area contributed by atoms with E-state index in [-0.39, 0.29) is 0 Å². The zero-order valence-electron chi connectivity index (χ0n) is 29.0. The fourth-order valence-corrected chi connectivity index (χ4v) is 9.45. The maximum Gasteiger partial charge on any atom is 0.235 e. The van der Waals surface area contributed by atoms with Crippen LogP contribution in [0.25, 0.3) is 120 Å². The van der Waals surface area contributed by atoms with Crippen molar-refractivity contribution in [1.29, 1.82) is 0 Å². The summed E-state index contributed by atoms with van der Waals surface area (Å²) in [5.41, 5.74) is 8.84. The third-order valence-electron chi connectivity index (χ3n) is 11.8. The molecule has 0 saturated carbocycles. The van der Waals surface area contributed by atoms with E-state index in [2.05, 4.69) is 179 Å². The first-order valence-electron chi connectivity index (χ1n) is 18.5. The van der Waals surface area contributed by atoms with E-state index in [1.165, 1.54) is 75.8 Å². The Bertz CT molecular complexity index is 3740. The van der Waals surface area contributed by atoms with Crippen LogP contribution in [0.3, 0.4) is 0 Å². The van der Waals surface area contributed by atoms with E-state index in [0.717, 1.165) is 38.6 Å². The fraction of sp³-hybridized carbons (Fsp3) is 0. The Hall–Kier alpha value is -7.30. The Morgan fingerprint density at radius 1 is 0.352 bits per heavy atom. The van der Waals surface area contributed by atoms with E-state index in [1.54, 1.807) is 0 Å². The highest BCUT2D eigenvalue weighted by molar-refractivity contribution is 6.36. The molecule has 4 nitrogen and oxygen atoms in total. The molecular formula is C50H28N4. The molecular weight excluding hydrogens is 657 g/mol. The Morgan fingerprint density at radius 2 is 0.981 bits per heavy atom. The second kappa shape index (κ2) is 10.2. The lowest BCUT2D eigenvalue weighted by molar-refractivity contribution is 1.02. The summed E-state index contributed by atoms with van der Waals surface area (Å²) in [5, 5.41) is 15.7. The first-order valence-corrected chi connectivity index (χ1v) is 18.5. The van der Waals surface area contributed by atoms with Crippen molar-refractivity contribution in [3.05, 3.63) is 170 Å². The van der Waals surface area contributed by atoms with E-state index in [9.17, 15) is 0 Å². The third-order valence-corrected chi connectivity index (χ3v) is 11.8. The summed E-state index contributed by atoms with van der Waals surface area (Å²) in [4.78, 5) is 11.0. The maximum absolute atomic E-state index is 5.60. The van der Waals surface area contributed by atoms with E-state index in [1.807, 2.05) is 0 Å². The minimum absolute atomic E-state index is 0.666. The van der Waals surface area contributed by atoms with Gasteiger partial charge in [0, 0.05) is 43.3 Å². The van der Waals surface area contributed by atoms with Gasteiger partial charge < -0.3 is 4.40 Å². The molecule has 0 atom stereocenters. The van der Waals surface area contributed by atoms with Crippen molar-refractivity contribution in [2.24, 2.45) is 0 Å². The number of rotatable bonds is 2. The van der Waals surface area contributed by atoms with Crippen LogP contribution in [0.2, 0.25) is 0 Å². The molecule has 9 aromatic carbocycles. The molecule has 0 N–H and O–H groups in total.